The third-order valence-corrected chi connectivity index (χ3v) is 3.08. The van der Waals surface area contributed by atoms with Crippen LogP contribution in [0, 0.1) is 0 Å². The van der Waals surface area contributed by atoms with E-state index in [0.29, 0.717) is 0 Å². The number of aliphatic carboxylic acids is 1. The van der Waals surface area contributed by atoms with Gasteiger partial charge in [0.05, 0.1) is 6.42 Å². The van der Waals surface area contributed by atoms with E-state index < -0.39 is 24.5 Å². The lowest BCUT2D eigenvalue weighted by Crippen LogP contribution is -2.15. The highest BCUT2D eigenvalue weighted by Gasteiger charge is 2.21. The van der Waals surface area contributed by atoms with E-state index in [0.717, 1.165) is 11.1 Å². The predicted molar refractivity (Wildman–Crippen MR) is 82.2 cm³/mol. The first kappa shape index (κ1) is 15.5. The number of carboxylic acid groups (broad SMARTS) is 1. The van der Waals surface area contributed by atoms with E-state index in [9.17, 15) is 9.59 Å². The molecular weight excluding hydrogens is 280 g/mol. The molecule has 0 fully saturated rings. The van der Waals surface area contributed by atoms with Crippen LogP contribution >= 0.6 is 0 Å². The van der Waals surface area contributed by atoms with Gasteiger partial charge in [0, 0.05) is 5.57 Å². The van der Waals surface area contributed by atoms with E-state index in [1.807, 2.05) is 60.7 Å². The fraction of sp³-hybridized carbons (Fsp3) is 0.111. The molecule has 0 saturated carbocycles. The van der Waals surface area contributed by atoms with Crippen LogP contribution in [-0.4, -0.2) is 17.0 Å². The summed E-state index contributed by atoms with van der Waals surface area (Å²) in [5.41, 5.74) is 1.54. The van der Waals surface area contributed by atoms with Crippen molar-refractivity contribution < 1.29 is 19.4 Å². The van der Waals surface area contributed by atoms with Crippen LogP contribution in [-0.2, 0) is 14.3 Å². The second-order valence-corrected chi connectivity index (χ2v) is 4.78. The van der Waals surface area contributed by atoms with Crippen molar-refractivity contribution in [1.82, 2.24) is 0 Å². The third kappa shape index (κ3) is 4.06. The minimum atomic E-state index is -1.11. The SMILES string of the molecule is C=C(CC(=O)O)C(=O)OC(c1ccccc1)c1ccccc1. The maximum Gasteiger partial charge on any atom is 0.334 e. The minimum absolute atomic E-state index is 0.0793. The van der Waals surface area contributed by atoms with Crippen LogP contribution in [0.2, 0.25) is 0 Å². The molecule has 0 saturated heterocycles. The Labute approximate surface area is 128 Å². The molecule has 0 radical (unpaired) electrons. The van der Waals surface area contributed by atoms with Crippen LogP contribution in [0.5, 0.6) is 0 Å². The van der Waals surface area contributed by atoms with Gasteiger partial charge in [-0.15, -0.1) is 0 Å². The molecule has 2 aromatic rings. The van der Waals surface area contributed by atoms with Crippen LogP contribution in [0.15, 0.2) is 72.8 Å². The summed E-state index contributed by atoms with van der Waals surface area (Å²) < 4.78 is 5.48. The molecule has 4 heteroatoms. The van der Waals surface area contributed by atoms with Crippen molar-refractivity contribution in [2.75, 3.05) is 0 Å². The molecule has 2 rings (SSSR count). The summed E-state index contributed by atoms with van der Waals surface area (Å²) in [6.07, 6.45) is -1.03. The average Bonchev–Trinajstić information content (AvgIpc) is 2.53. The van der Waals surface area contributed by atoms with E-state index in [2.05, 4.69) is 6.58 Å². The largest absolute Gasteiger partial charge is 0.481 e. The predicted octanol–water partition coefficient (Wildman–Crippen LogP) is 3.35. The van der Waals surface area contributed by atoms with Gasteiger partial charge in [-0.2, -0.15) is 0 Å². The molecule has 0 aliphatic carbocycles. The van der Waals surface area contributed by atoms with Crippen molar-refractivity contribution in [3.8, 4) is 0 Å². The number of carboxylic acids is 1. The smallest absolute Gasteiger partial charge is 0.334 e. The minimum Gasteiger partial charge on any atom is -0.481 e. The first-order valence-corrected chi connectivity index (χ1v) is 6.78. The van der Waals surface area contributed by atoms with Gasteiger partial charge in [-0.3, -0.25) is 4.79 Å². The Morgan fingerprint density at radius 3 is 1.82 bits per heavy atom. The summed E-state index contributed by atoms with van der Waals surface area (Å²) >= 11 is 0. The molecule has 0 spiro atoms. The molecule has 4 nitrogen and oxygen atoms in total. The monoisotopic (exact) mass is 296 g/mol. The summed E-state index contributed by atoms with van der Waals surface area (Å²) in [5.74, 6) is -1.82. The van der Waals surface area contributed by atoms with E-state index in [1.54, 1.807) is 0 Å². The zero-order valence-corrected chi connectivity index (χ0v) is 11.9. The van der Waals surface area contributed by atoms with Gasteiger partial charge in [0.15, 0.2) is 6.10 Å². The Balaban J connectivity index is 2.25. The van der Waals surface area contributed by atoms with Gasteiger partial charge in [-0.25, -0.2) is 4.79 Å². The van der Waals surface area contributed by atoms with Gasteiger partial charge in [-0.05, 0) is 11.1 Å². The lowest BCUT2D eigenvalue weighted by Gasteiger charge is -2.19. The molecule has 0 unspecified atom stereocenters. The summed E-state index contributed by atoms with van der Waals surface area (Å²) in [5, 5.41) is 8.73. The van der Waals surface area contributed by atoms with Crippen molar-refractivity contribution >= 4 is 11.9 Å². The van der Waals surface area contributed by atoms with Gasteiger partial charge in [0.2, 0.25) is 0 Å². The highest BCUT2D eigenvalue weighted by Crippen LogP contribution is 2.26. The van der Waals surface area contributed by atoms with Crippen molar-refractivity contribution in [3.05, 3.63) is 83.9 Å². The summed E-state index contributed by atoms with van der Waals surface area (Å²) in [6, 6.07) is 18.6. The average molecular weight is 296 g/mol. The highest BCUT2D eigenvalue weighted by atomic mass is 16.5. The number of ether oxygens (including phenoxy) is 1. The standard InChI is InChI=1S/C18H16O4/c1-13(12-16(19)20)18(21)22-17(14-8-4-2-5-9-14)15-10-6-3-7-11-15/h2-11,17H,1,12H2,(H,19,20). The fourth-order valence-corrected chi connectivity index (χ4v) is 2.03. The second kappa shape index (κ2) is 7.22. The second-order valence-electron chi connectivity index (χ2n) is 4.78. The van der Waals surface area contributed by atoms with Crippen molar-refractivity contribution in [3.63, 3.8) is 0 Å². The van der Waals surface area contributed by atoms with Gasteiger partial charge >= 0.3 is 11.9 Å². The van der Waals surface area contributed by atoms with E-state index in [1.165, 1.54) is 0 Å². The van der Waals surface area contributed by atoms with Gasteiger partial charge in [0.1, 0.15) is 0 Å². The van der Waals surface area contributed by atoms with Crippen LogP contribution in [0.3, 0.4) is 0 Å². The lowest BCUT2D eigenvalue weighted by molar-refractivity contribution is -0.145. The number of hydrogen-bond acceptors (Lipinski definition) is 3. The van der Waals surface area contributed by atoms with Gasteiger partial charge in [-0.1, -0.05) is 67.2 Å². The number of benzene rings is 2. The van der Waals surface area contributed by atoms with Crippen molar-refractivity contribution in [2.45, 2.75) is 12.5 Å². The first-order chi connectivity index (χ1) is 10.6. The maximum atomic E-state index is 12.1. The highest BCUT2D eigenvalue weighted by molar-refractivity contribution is 5.93. The van der Waals surface area contributed by atoms with Gasteiger partial charge < -0.3 is 9.84 Å². The molecule has 0 bridgehead atoms. The topological polar surface area (TPSA) is 63.6 Å². The molecule has 1 N–H and O–H groups in total. The Morgan fingerprint density at radius 2 is 1.41 bits per heavy atom. The quantitative estimate of drug-likeness (QED) is 0.656. The zero-order chi connectivity index (χ0) is 15.9. The summed E-state index contributed by atoms with van der Waals surface area (Å²) in [6.45, 7) is 3.48. The third-order valence-electron chi connectivity index (χ3n) is 3.08. The van der Waals surface area contributed by atoms with Gasteiger partial charge in [0.25, 0.3) is 0 Å². The molecule has 0 heterocycles. The lowest BCUT2D eigenvalue weighted by atomic mass is 10.0. The van der Waals surface area contributed by atoms with E-state index in [4.69, 9.17) is 9.84 Å². The van der Waals surface area contributed by atoms with E-state index >= 15 is 0 Å². The van der Waals surface area contributed by atoms with Crippen LogP contribution in [0.1, 0.15) is 23.7 Å². The Bertz CT molecular complexity index is 623. The van der Waals surface area contributed by atoms with Crippen LogP contribution in [0.25, 0.3) is 0 Å². The molecule has 0 atom stereocenters. The Kier molecular flexibility index (Phi) is 5.09. The van der Waals surface area contributed by atoms with E-state index in [-0.39, 0.29) is 5.57 Å². The molecule has 0 aliphatic rings. The fourth-order valence-electron chi connectivity index (χ4n) is 2.03. The number of carbonyl (C=O) groups is 2. The molecule has 22 heavy (non-hydrogen) atoms. The summed E-state index contributed by atoms with van der Waals surface area (Å²) in [4.78, 5) is 22.7. The Hall–Kier alpha value is -2.88. The zero-order valence-electron chi connectivity index (χ0n) is 11.9. The first-order valence-electron chi connectivity index (χ1n) is 6.78. The summed E-state index contributed by atoms with van der Waals surface area (Å²) in [7, 11) is 0. The molecule has 0 aromatic heterocycles. The van der Waals surface area contributed by atoms with Crippen molar-refractivity contribution in [2.24, 2.45) is 0 Å². The number of esters is 1. The number of hydrogen-bond donors (Lipinski definition) is 1. The molecule has 0 aliphatic heterocycles. The van der Waals surface area contributed by atoms with Crippen molar-refractivity contribution in [1.29, 1.82) is 0 Å². The molecular formula is C18H16O4. The molecule has 112 valence electrons. The van der Waals surface area contributed by atoms with Crippen LogP contribution in [0.4, 0.5) is 0 Å². The molecule has 0 amide bonds. The Morgan fingerprint density at radius 1 is 0.955 bits per heavy atom. The number of carbonyl (C=O) groups excluding carboxylic acids is 1. The van der Waals surface area contributed by atoms with Crippen LogP contribution < -0.4 is 0 Å². The number of rotatable bonds is 6. The maximum absolute atomic E-state index is 12.1. The molecule has 2 aromatic carbocycles. The normalized spacial score (nSPS) is 10.2.